The second-order valence-electron chi connectivity index (χ2n) is 5.11. The van der Waals surface area contributed by atoms with Gasteiger partial charge in [-0.25, -0.2) is 4.79 Å². The van der Waals surface area contributed by atoms with Crippen LogP contribution in [0.15, 0.2) is 17.4 Å². The molecular formula is C16H23N3O6. The third-order valence-corrected chi connectivity index (χ3v) is 2.92. The fourth-order valence-corrected chi connectivity index (χ4v) is 1.69. The van der Waals surface area contributed by atoms with Crippen molar-refractivity contribution in [2.75, 3.05) is 20.8 Å². The zero-order chi connectivity index (χ0) is 19.0. The normalized spacial score (nSPS) is 11.1. The van der Waals surface area contributed by atoms with Crippen molar-refractivity contribution in [3.05, 3.63) is 17.4 Å². The van der Waals surface area contributed by atoms with E-state index in [0.717, 1.165) is 0 Å². The summed E-state index contributed by atoms with van der Waals surface area (Å²) in [6.45, 7) is 6.79. The number of carbonyl (C=O) groups excluding carboxylic acids is 2. The molecule has 25 heavy (non-hydrogen) atoms. The van der Waals surface area contributed by atoms with Crippen LogP contribution in [0.1, 0.15) is 27.7 Å². The Bertz CT molecular complexity index is 633. The molecule has 0 saturated carbocycles. The number of amides is 1. The highest BCUT2D eigenvalue weighted by Gasteiger charge is 2.22. The highest BCUT2D eigenvalue weighted by molar-refractivity contribution is 5.95. The SMILES string of the molecule is CCOC(=O)[C@H](C)NC(=O)C(Oc1nc(OC)cc(OC)n1)=C(C)C. The number of rotatable bonds is 8. The molecule has 1 amide bonds. The topological polar surface area (TPSA) is 109 Å². The van der Waals surface area contributed by atoms with E-state index in [1.54, 1.807) is 20.8 Å². The van der Waals surface area contributed by atoms with Crippen LogP contribution in [0.5, 0.6) is 17.8 Å². The highest BCUT2D eigenvalue weighted by atomic mass is 16.5. The molecule has 0 spiro atoms. The van der Waals surface area contributed by atoms with Crippen molar-refractivity contribution in [3.63, 3.8) is 0 Å². The molecule has 1 aromatic heterocycles. The fourth-order valence-electron chi connectivity index (χ4n) is 1.69. The summed E-state index contributed by atoms with van der Waals surface area (Å²) in [7, 11) is 2.86. The number of ether oxygens (including phenoxy) is 4. The summed E-state index contributed by atoms with van der Waals surface area (Å²) in [6.07, 6.45) is 0. The standard InChI is InChI=1S/C16H23N3O6/c1-7-24-15(21)10(4)17-14(20)13(9(2)3)25-16-18-11(22-5)8-12(19-16)23-6/h8,10H,7H2,1-6H3,(H,17,20)/t10-/m0/s1. The molecule has 9 heteroatoms. The van der Waals surface area contributed by atoms with Gasteiger partial charge in [-0.2, -0.15) is 9.97 Å². The van der Waals surface area contributed by atoms with E-state index in [4.69, 9.17) is 18.9 Å². The van der Waals surface area contributed by atoms with E-state index in [2.05, 4.69) is 15.3 Å². The summed E-state index contributed by atoms with van der Waals surface area (Å²) >= 11 is 0. The van der Waals surface area contributed by atoms with Crippen LogP contribution in [-0.4, -0.2) is 48.7 Å². The number of methoxy groups -OCH3 is 2. The van der Waals surface area contributed by atoms with Crippen molar-refractivity contribution in [1.82, 2.24) is 15.3 Å². The number of hydrogen-bond acceptors (Lipinski definition) is 8. The van der Waals surface area contributed by atoms with Gasteiger partial charge in [0.15, 0.2) is 5.76 Å². The van der Waals surface area contributed by atoms with Crippen molar-refractivity contribution in [2.24, 2.45) is 0 Å². The van der Waals surface area contributed by atoms with E-state index in [9.17, 15) is 9.59 Å². The molecule has 1 N–H and O–H groups in total. The van der Waals surface area contributed by atoms with Gasteiger partial charge in [0.25, 0.3) is 5.91 Å². The molecule has 138 valence electrons. The second kappa shape index (κ2) is 9.45. The Hall–Kier alpha value is -2.84. The van der Waals surface area contributed by atoms with Crippen LogP contribution in [0.25, 0.3) is 0 Å². The zero-order valence-corrected chi connectivity index (χ0v) is 15.2. The molecule has 0 fully saturated rings. The minimum absolute atomic E-state index is 0.0357. The van der Waals surface area contributed by atoms with Crippen LogP contribution in [0, 0.1) is 0 Å². The van der Waals surface area contributed by atoms with Gasteiger partial charge in [0.1, 0.15) is 6.04 Å². The molecule has 9 nitrogen and oxygen atoms in total. The Kier molecular flexibility index (Phi) is 7.64. The Balaban J connectivity index is 2.97. The third kappa shape index (κ3) is 5.94. The Labute approximate surface area is 146 Å². The van der Waals surface area contributed by atoms with Gasteiger partial charge >= 0.3 is 12.0 Å². The van der Waals surface area contributed by atoms with Crippen molar-refractivity contribution in [2.45, 2.75) is 33.7 Å². The van der Waals surface area contributed by atoms with Gasteiger partial charge in [-0.3, -0.25) is 4.79 Å². The summed E-state index contributed by atoms with van der Waals surface area (Å²) in [6, 6.07) is 0.523. The smallest absolute Gasteiger partial charge is 0.328 e. The molecule has 0 radical (unpaired) electrons. The first-order chi connectivity index (χ1) is 11.8. The molecule has 0 aliphatic heterocycles. The first kappa shape index (κ1) is 20.2. The highest BCUT2D eigenvalue weighted by Crippen LogP contribution is 2.21. The van der Waals surface area contributed by atoms with Crippen molar-refractivity contribution in [3.8, 4) is 17.8 Å². The van der Waals surface area contributed by atoms with E-state index >= 15 is 0 Å². The number of nitrogens with zero attached hydrogens (tertiary/aromatic N) is 2. The predicted molar refractivity (Wildman–Crippen MR) is 88.4 cm³/mol. The number of esters is 1. The summed E-state index contributed by atoms with van der Waals surface area (Å²) in [5.41, 5.74) is 0.568. The average molecular weight is 353 g/mol. The lowest BCUT2D eigenvalue weighted by Crippen LogP contribution is -2.41. The van der Waals surface area contributed by atoms with Crippen LogP contribution in [0.4, 0.5) is 0 Å². The second-order valence-corrected chi connectivity index (χ2v) is 5.11. The maximum Gasteiger partial charge on any atom is 0.328 e. The summed E-state index contributed by atoms with van der Waals surface area (Å²) < 4.78 is 20.4. The lowest BCUT2D eigenvalue weighted by atomic mass is 10.2. The van der Waals surface area contributed by atoms with Gasteiger partial charge in [-0.15, -0.1) is 0 Å². The van der Waals surface area contributed by atoms with E-state index in [0.29, 0.717) is 5.57 Å². The maximum atomic E-state index is 12.4. The van der Waals surface area contributed by atoms with E-state index < -0.39 is 17.9 Å². The molecule has 0 aliphatic rings. The van der Waals surface area contributed by atoms with E-state index in [-0.39, 0.29) is 30.1 Å². The first-order valence-corrected chi connectivity index (χ1v) is 7.62. The number of hydrogen-bond donors (Lipinski definition) is 1. The number of nitrogens with one attached hydrogen (secondary N) is 1. The first-order valence-electron chi connectivity index (χ1n) is 7.62. The van der Waals surface area contributed by atoms with Gasteiger partial charge in [0.2, 0.25) is 11.8 Å². The Morgan fingerprint density at radius 2 is 1.72 bits per heavy atom. The third-order valence-electron chi connectivity index (χ3n) is 2.92. The van der Waals surface area contributed by atoms with E-state index in [1.807, 2.05) is 0 Å². The van der Waals surface area contributed by atoms with Crippen molar-refractivity contribution >= 4 is 11.9 Å². The fraction of sp³-hybridized carbons (Fsp3) is 0.500. The summed E-state index contributed by atoms with van der Waals surface area (Å²) in [5, 5.41) is 2.51. The van der Waals surface area contributed by atoms with Gasteiger partial charge in [0.05, 0.1) is 26.9 Å². The lowest BCUT2D eigenvalue weighted by Gasteiger charge is -2.15. The van der Waals surface area contributed by atoms with Crippen molar-refractivity contribution < 1.29 is 28.5 Å². The molecule has 0 bridgehead atoms. The average Bonchev–Trinajstić information content (AvgIpc) is 2.58. The number of carbonyl (C=O) groups is 2. The molecule has 0 aliphatic carbocycles. The van der Waals surface area contributed by atoms with E-state index in [1.165, 1.54) is 27.2 Å². The predicted octanol–water partition coefficient (Wildman–Crippen LogP) is 1.23. The minimum Gasteiger partial charge on any atom is -0.481 e. The molecular weight excluding hydrogens is 330 g/mol. The van der Waals surface area contributed by atoms with Gasteiger partial charge < -0.3 is 24.3 Å². The quantitative estimate of drug-likeness (QED) is 0.422. The van der Waals surface area contributed by atoms with Gasteiger partial charge in [-0.05, 0) is 33.3 Å². The Morgan fingerprint density at radius 1 is 1.16 bits per heavy atom. The Morgan fingerprint density at radius 3 is 2.16 bits per heavy atom. The number of allylic oxidation sites excluding steroid dienone is 1. The van der Waals surface area contributed by atoms with Crippen molar-refractivity contribution in [1.29, 1.82) is 0 Å². The molecule has 1 heterocycles. The van der Waals surface area contributed by atoms with Gasteiger partial charge in [0, 0.05) is 0 Å². The molecule has 0 saturated heterocycles. The monoisotopic (exact) mass is 353 g/mol. The number of aromatic nitrogens is 2. The zero-order valence-electron chi connectivity index (χ0n) is 15.2. The molecule has 0 aromatic carbocycles. The molecule has 1 atom stereocenters. The van der Waals surface area contributed by atoms with Gasteiger partial charge in [-0.1, -0.05) is 0 Å². The largest absolute Gasteiger partial charge is 0.481 e. The van der Waals surface area contributed by atoms with Crippen LogP contribution >= 0.6 is 0 Å². The van der Waals surface area contributed by atoms with Crippen LogP contribution in [0.2, 0.25) is 0 Å². The summed E-state index contributed by atoms with van der Waals surface area (Å²) in [5.74, 6) is -0.730. The maximum absolute atomic E-state index is 12.4. The van der Waals surface area contributed by atoms with Crippen LogP contribution < -0.4 is 19.5 Å². The van der Waals surface area contributed by atoms with Crippen LogP contribution in [-0.2, 0) is 14.3 Å². The summed E-state index contributed by atoms with van der Waals surface area (Å²) in [4.78, 5) is 32.1. The lowest BCUT2D eigenvalue weighted by molar-refractivity contribution is -0.146. The molecule has 1 rings (SSSR count). The molecule has 1 aromatic rings. The molecule has 0 unspecified atom stereocenters. The minimum atomic E-state index is -0.828. The van der Waals surface area contributed by atoms with Crippen LogP contribution in [0.3, 0.4) is 0 Å².